The van der Waals surface area contributed by atoms with E-state index in [1.807, 2.05) is 28.6 Å². The van der Waals surface area contributed by atoms with E-state index in [1.165, 1.54) is 27.5 Å². The number of aryl methyl sites for hydroxylation is 2. The van der Waals surface area contributed by atoms with Gasteiger partial charge in [-0.1, -0.05) is 66.7 Å². The molecule has 0 bridgehead atoms. The van der Waals surface area contributed by atoms with Gasteiger partial charge in [0.1, 0.15) is 0 Å². The van der Waals surface area contributed by atoms with Crippen molar-refractivity contribution in [3.63, 3.8) is 0 Å². The average Bonchev–Trinajstić information content (AvgIpc) is 3.39. The van der Waals surface area contributed by atoms with Gasteiger partial charge in [0.2, 0.25) is 0 Å². The van der Waals surface area contributed by atoms with Crippen LogP contribution >= 0.6 is 12.2 Å². The molecule has 0 radical (unpaired) electrons. The molecule has 35 heavy (non-hydrogen) atoms. The third-order valence-electron chi connectivity index (χ3n) is 6.30. The highest BCUT2D eigenvalue weighted by molar-refractivity contribution is 7.80. The fourth-order valence-corrected chi connectivity index (χ4v) is 4.57. The fourth-order valence-electron chi connectivity index (χ4n) is 4.36. The molecule has 2 N–H and O–H groups in total. The SMILES string of the molecule is Cc1ccccc1Cn1nc(C)c(NC(=S)Nc2ccn(Cc3cccc4ccccc34)n2)c1C. The van der Waals surface area contributed by atoms with Crippen LogP contribution < -0.4 is 10.6 Å². The van der Waals surface area contributed by atoms with Crippen LogP contribution in [-0.4, -0.2) is 24.7 Å². The summed E-state index contributed by atoms with van der Waals surface area (Å²) in [5, 5.41) is 18.9. The third kappa shape index (κ3) is 4.95. The van der Waals surface area contributed by atoms with E-state index in [-0.39, 0.29) is 0 Å². The molecule has 5 aromatic rings. The molecule has 0 atom stereocenters. The molecule has 5 rings (SSSR count). The summed E-state index contributed by atoms with van der Waals surface area (Å²) < 4.78 is 3.94. The topological polar surface area (TPSA) is 59.7 Å². The Morgan fingerprint density at radius 2 is 1.54 bits per heavy atom. The minimum absolute atomic E-state index is 0.488. The van der Waals surface area contributed by atoms with E-state index in [0.717, 1.165) is 23.6 Å². The van der Waals surface area contributed by atoms with E-state index >= 15 is 0 Å². The molecule has 0 aliphatic rings. The van der Waals surface area contributed by atoms with Crippen LogP contribution in [0.15, 0.2) is 79.0 Å². The summed E-state index contributed by atoms with van der Waals surface area (Å²) in [4.78, 5) is 0. The van der Waals surface area contributed by atoms with E-state index in [4.69, 9.17) is 17.3 Å². The number of anilines is 2. The molecule has 0 fully saturated rings. The average molecular weight is 481 g/mol. The summed E-state index contributed by atoms with van der Waals surface area (Å²) in [6.07, 6.45) is 1.96. The first-order chi connectivity index (χ1) is 17.0. The quantitative estimate of drug-likeness (QED) is 0.289. The van der Waals surface area contributed by atoms with E-state index in [1.54, 1.807) is 0 Å². The Bertz CT molecular complexity index is 1510. The summed E-state index contributed by atoms with van der Waals surface area (Å²) in [6, 6.07) is 25.1. The molecule has 0 aliphatic heterocycles. The largest absolute Gasteiger partial charge is 0.329 e. The van der Waals surface area contributed by atoms with Crippen LogP contribution in [0.5, 0.6) is 0 Å². The van der Waals surface area contributed by atoms with Crippen LogP contribution in [0, 0.1) is 20.8 Å². The van der Waals surface area contributed by atoms with Crippen molar-refractivity contribution < 1.29 is 0 Å². The molecule has 0 aliphatic carbocycles. The molecule has 0 spiro atoms. The van der Waals surface area contributed by atoms with Crippen molar-refractivity contribution in [3.05, 3.63) is 107 Å². The van der Waals surface area contributed by atoms with E-state index < -0.39 is 0 Å². The van der Waals surface area contributed by atoms with Crippen LogP contribution in [0.2, 0.25) is 0 Å². The minimum Gasteiger partial charge on any atom is -0.329 e. The lowest BCUT2D eigenvalue weighted by atomic mass is 10.0. The number of fused-ring (bicyclic) bond motifs is 1. The molecule has 7 heteroatoms. The third-order valence-corrected chi connectivity index (χ3v) is 6.50. The van der Waals surface area contributed by atoms with Crippen molar-refractivity contribution in [1.29, 1.82) is 0 Å². The molecule has 3 aromatic carbocycles. The molecular formula is C28H28N6S. The van der Waals surface area contributed by atoms with Crippen molar-refractivity contribution in [2.24, 2.45) is 0 Å². The van der Waals surface area contributed by atoms with Crippen molar-refractivity contribution in [3.8, 4) is 0 Å². The molecule has 2 heterocycles. The second-order valence-electron chi connectivity index (χ2n) is 8.75. The first-order valence-electron chi connectivity index (χ1n) is 11.6. The summed E-state index contributed by atoms with van der Waals surface area (Å²) in [7, 11) is 0. The molecule has 0 saturated carbocycles. The maximum Gasteiger partial charge on any atom is 0.176 e. The summed E-state index contributed by atoms with van der Waals surface area (Å²) in [6.45, 7) is 7.58. The minimum atomic E-state index is 0.488. The van der Waals surface area contributed by atoms with Gasteiger partial charge in [0.25, 0.3) is 0 Å². The summed E-state index contributed by atoms with van der Waals surface area (Å²) >= 11 is 5.59. The number of nitrogens with zero attached hydrogens (tertiary/aromatic N) is 4. The Kier molecular flexibility index (Phi) is 6.33. The lowest BCUT2D eigenvalue weighted by Gasteiger charge is -2.11. The summed E-state index contributed by atoms with van der Waals surface area (Å²) in [5.41, 5.74) is 6.60. The number of rotatable bonds is 6. The van der Waals surface area contributed by atoms with Crippen molar-refractivity contribution in [2.45, 2.75) is 33.9 Å². The van der Waals surface area contributed by atoms with Gasteiger partial charge >= 0.3 is 0 Å². The number of thiocarbonyl (C=S) groups is 1. The Morgan fingerprint density at radius 3 is 2.40 bits per heavy atom. The van der Waals surface area contributed by atoms with Gasteiger partial charge in [0, 0.05) is 12.3 Å². The highest BCUT2D eigenvalue weighted by Gasteiger charge is 2.14. The molecule has 0 unspecified atom stereocenters. The summed E-state index contributed by atoms with van der Waals surface area (Å²) in [5.74, 6) is 0.699. The van der Waals surface area contributed by atoms with Crippen LogP contribution in [0.4, 0.5) is 11.5 Å². The lowest BCUT2D eigenvalue weighted by Crippen LogP contribution is -2.20. The number of hydrogen-bond acceptors (Lipinski definition) is 3. The van der Waals surface area contributed by atoms with Crippen molar-refractivity contribution in [2.75, 3.05) is 10.6 Å². The van der Waals surface area contributed by atoms with Gasteiger partial charge < -0.3 is 10.6 Å². The zero-order chi connectivity index (χ0) is 24.4. The van der Waals surface area contributed by atoms with E-state index in [2.05, 4.69) is 96.3 Å². The molecular weight excluding hydrogens is 452 g/mol. The second-order valence-corrected chi connectivity index (χ2v) is 9.15. The van der Waals surface area contributed by atoms with E-state index in [9.17, 15) is 0 Å². The number of nitrogens with one attached hydrogen (secondary N) is 2. The normalized spacial score (nSPS) is 11.1. The number of benzene rings is 3. The Morgan fingerprint density at radius 1 is 0.800 bits per heavy atom. The highest BCUT2D eigenvalue weighted by Crippen LogP contribution is 2.22. The highest BCUT2D eigenvalue weighted by atomic mass is 32.1. The molecule has 0 saturated heterocycles. The number of aromatic nitrogens is 4. The predicted molar refractivity (Wildman–Crippen MR) is 147 cm³/mol. The molecule has 0 amide bonds. The second kappa shape index (κ2) is 9.72. The standard InChI is InChI=1S/C28H28N6S/c1-19-9-4-5-11-23(19)18-34-21(3)27(20(2)31-34)30-28(35)29-26-15-16-33(32-26)17-24-13-8-12-22-10-6-7-14-25(22)24/h4-16H,17-18H2,1-3H3,(H2,29,30,32,35). The van der Waals surface area contributed by atoms with Gasteiger partial charge in [0.15, 0.2) is 10.9 Å². The first kappa shape index (κ1) is 22.8. The number of hydrogen-bond donors (Lipinski definition) is 2. The fraction of sp³-hybridized carbons (Fsp3) is 0.179. The lowest BCUT2D eigenvalue weighted by molar-refractivity contribution is 0.657. The zero-order valence-electron chi connectivity index (χ0n) is 20.1. The monoisotopic (exact) mass is 480 g/mol. The zero-order valence-corrected chi connectivity index (χ0v) is 20.9. The van der Waals surface area contributed by atoms with Crippen LogP contribution in [-0.2, 0) is 13.1 Å². The van der Waals surface area contributed by atoms with Gasteiger partial charge in [0.05, 0.1) is 30.2 Å². The van der Waals surface area contributed by atoms with Crippen LogP contribution in [0.25, 0.3) is 10.8 Å². The first-order valence-corrected chi connectivity index (χ1v) is 12.1. The Balaban J connectivity index is 1.26. The Hall–Kier alpha value is -3.97. The van der Waals surface area contributed by atoms with Crippen LogP contribution in [0.3, 0.4) is 0 Å². The Labute approximate surface area is 210 Å². The smallest absolute Gasteiger partial charge is 0.176 e. The van der Waals surface area contributed by atoms with Gasteiger partial charge in [-0.15, -0.1) is 0 Å². The molecule has 2 aromatic heterocycles. The maximum absolute atomic E-state index is 5.59. The van der Waals surface area contributed by atoms with Gasteiger partial charge in [-0.3, -0.25) is 9.36 Å². The van der Waals surface area contributed by atoms with Crippen molar-refractivity contribution >= 4 is 39.6 Å². The molecule has 176 valence electrons. The van der Waals surface area contributed by atoms with E-state index in [0.29, 0.717) is 17.5 Å². The molecule has 6 nitrogen and oxygen atoms in total. The van der Waals surface area contributed by atoms with Crippen LogP contribution in [0.1, 0.15) is 28.1 Å². The van der Waals surface area contributed by atoms with Gasteiger partial charge in [-0.25, -0.2) is 0 Å². The van der Waals surface area contributed by atoms with Gasteiger partial charge in [-0.05, 0) is 60.5 Å². The van der Waals surface area contributed by atoms with Crippen molar-refractivity contribution in [1.82, 2.24) is 19.6 Å². The van der Waals surface area contributed by atoms with Gasteiger partial charge in [-0.2, -0.15) is 10.2 Å². The predicted octanol–water partition coefficient (Wildman–Crippen LogP) is 6.06. The maximum atomic E-state index is 5.59.